The minimum Gasteiger partial charge on any atom is -0.378 e. The van der Waals surface area contributed by atoms with Crippen molar-refractivity contribution in [1.82, 2.24) is 20.0 Å². The Labute approximate surface area is 142 Å². The first-order chi connectivity index (χ1) is 11.6. The van der Waals surface area contributed by atoms with Crippen LogP contribution < -0.4 is 5.32 Å². The number of aromatic nitrogens is 2. The summed E-state index contributed by atoms with van der Waals surface area (Å²) in [5.74, 6) is 0.203. The third kappa shape index (κ3) is 3.61. The standard InChI is InChI=1S/C17H26N4O3/c1-12-5-3-4-6-13(12)18-16(22)15-11-14(19-20(15)2)17(23)21-7-9-24-10-8-21/h11-13H,3-10H2,1-2H3,(H,18,22)/t12-,13-/m1/s1. The highest BCUT2D eigenvalue weighted by molar-refractivity contribution is 5.98. The van der Waals surface area contributed by atoms with Crippen molar-refractivity contribution in [1.29, 1.82) is 0 Å². The van der Waals surface area contributed by atoms with Crippen LogP contribution in [0.4, 0.5) is 0 Å². The van der Waals surface area contributed by atoms with E-state index in [4.69, 9.17) is 4.74 Å². The lowest BCUT2D eigenvalue weighted by Crippen LogP contribution is -2.41. The average molecular weight is 334 g/mol. The number of carbonyl (C=O) groups is 2. The Morgan fingerprint density at radius 3 is 2.67 bits per heavy atom. The lowest BCUT2D eigenvalue weighted by molar-refractivity contribution is 0.0298. The van der Waals surface area contributed by atoms with Crippen LogP contribution >= 0.6 is 0 Å². The van der Waals surface area contributed by atoms with E-state index in [0.717, 1.165) is 19.3 Å². The first-order valence-corrected chi connectivity index (χ1v) is 8.78. The van der Waals surface area contributed by atoms with E-state index in [1.54, 1.807) is 18.0 Å². The molecule has 2 heterocycles. The Balaban J connectivity index is 1.68. The third-order valence-electron chi connectivity index (χ3n) is 5.06. The molecular formula is C17H26N4O3. The highest BCUT2D eigenvalue weighted by atomic mass is 16.5. The molecule has 1 aromatic rings. The van der Waals surface area contributed by atoms with Crippen LogP contribution in [0.5, 0.6) is 0 Å². The summed E-state index contributed by atoms with van der Waals surface area (Å²) in [6, 6.07) is 1.81. The van der Waals surface area contributed by atoms with Gasteiger partial charge in [-0.05, 0) is 18.8 Å². The Bertz CT molecular complexity index is 607. The molecule has 0 aromatic carbocycles. The molecule has 1 aliphatic heterocycles. The van der Waals surface area contributed by atoms with Crippen molar-refractivity contribution >= 4 is 11.8 Å². The quantitative estimate of drug-likeness (QED) is 0.901. The van der Waals surface area contributed by atoms with Gasteiger partial charge in [0, 0.05) is 32.2 Å². The van der Waals surface area contributed by atoms with Gasteiger partial charge < -0.3 is 15.0 Å². The van der Waals surface area contributed by atoms with Gasteiger partial charge in [0.25, 0.3) is 11.8 Å². The van der Waals surface area contributed by atoms with Crippen molar-refractivity contribution in [2.75, 3.05) is 26.3 Å². The Kier molecular flexibility index (Phi) is 5.18. The molecule has 2 aliphatic rings. The van der Waals surface area contributed by atoms with Gasteiger partial charge in [0.05, 0.1) is 13.2 Å². The van der Waals surface area contributed by atoms with Gasteiger partial charge >= 0.3 is 0 Å². The molecule has 7 nitrogen and oxygen atoms in total. The number of nitrogens with one attached hydrogen (secondary N) is 1. The molecule has 24 heavy (non-hydrogen) atoms. The fourth-order valence-corrected chi connectivity index (χ4v) is 3.49. The number of aryl methyl sites for hydroxylation is 1. The molecule has 7 heteroatoms. The maximum absolute atomic E-state index is 12.6. The molecular weight excluding hydrogens is 308 g/mol. The summed E-state index contributed by atoms with van der Waals surface area (Å²) in [7, 11) is 1.70. The molecule has 2 amide bonds. The molecule has 1 saturated heterocycles. The van der Waals surface area contributed by atoms with E-state index in [0.29, 0.717) is 43.6 Å². The summed E-state index contributed by atoms with van der Waals surface area (Å²) in [5.41, 5.74) is 0.755. The van der Waals surface area contributed by atoms with Gasteiger partial charge in [-0.3, -0.25) is 14.3 Å². The van der Waals surface area contributed by atoms with Gasteiger partial charge in [0.15, 0.2) is 5.69 Å². The van der Waals surface area contributed by atoms with Gasteiger partial charge in [-0.2, -0.15) is 5.10 Å². The molecule has 0 spiro atoms. The molecule has 0 radical (unpaired) electrons. The zero-order valence-corrected chi connectivity index (χ0v) is 14.5. The van der Waals surface area contributed by atoms with Crippen LogP contribution in [0.25, 0.3) is 0 Å². The molecule has 2 atom stereocenters. The summed E-state index contributed by atoms with van der Waals surface area (Å²) in [5, 5.41) is 7.36. The molecule has 1 aliphatic carbocycles. The minimum absolute atomic E-state index is 0.140. The third-order valence-corrected chi connectivity index (χ3v) is 5.06. The number of morpholine rings is 1. The second-order valence-electron chi connectivity index (χ2n) is 6.78. The molecule has 3 rings (SSSR count). The summed E-state index contributed by atoms with van der Waals surface area (Å²) in [6.45, 7) is 4.41. The minimum atomic E-state index is -0.148. The van der Waals surface area contributed by atoms with Gasteiger partial charge in [-0.15, -0.1) is 0 Å². The van der Waals surface area contributed by atoms with Crippen LogP contribution in [0, 0.1) is 5.92 Å². The number of rotatable bonds is 3. The van der Waals surface area contributed by atoms with Crippen LogP contribution in [-0.4, -0.2) is 58.8 Å². The topological polar surface area (TPSA) is 76.5 Å². The molecule has 1 N–H and O–H groups in total. The van der Waals surface area contributed by atoms with E-state index in [1.807, 2.05) is 0 Å². The van der Waals surface area contributed by atoms with Crippen LogP contribution in [0.15, 0.2) is 6.07 Å². The molecule has 1 aromatic heterocycles. The zero-order valence-electron chi connectivity index (χ0n) is 14.5. The number of amides is 2. The van der Waals surface area contributed by atoms with E-state index < -0.39 is 0 Å². The maximum atomic E-state index is 12.6. The van der Waals surface area contributed by atoms with Gasteiger partial charge in [-0.1, -0.05) is 19.8 Å². The summed E-state index contributed by atoms with van der Waals surface area (Å²) in [4.78, 5) is 26.8. The fourth-order valence-electron chi connectivity index (χ4n) is 3.49. The number of hydrogen-bond acceptors (Lipinski definition) is 4. The lowest BCUT2D eigenvalue weighted by atomic mass is 9.86. The second-order valence-corrected chi connectivity index (χ2v) is 6.78. The predicted molar refractivity (Wildman–Crippen MR) is 88.8 cm³/mol. The molecule has 2 fully saturated rings. The van der Waals surface area contributed by atoms with Crippen molar-refractivity contribution in [3.05, 3.63) is 17.5 Å². The fraction of sp³-hybridized carbons (Fsp3) is 0.706. The smallest absolute Gasteiger partial charge is 0.274 e. The monoisotopic (exact) mass is 334 g/mol. The first-order valence-electron chi connectivity index (χ1n) is 8.78. The van der Waals surface area contributed by atoms with Crippen molar-refractivity contribution in [2.24, 2.45) is 13.0 Å². The van der Waals surface area contributed by atoms with E-state index in [9.17, 15) is 9.59 Å². The number of hydrogen-bond donors (Lipinski definition) is 1. The highest BCUT2D eigenvalue weighted by Crippen LogP contribution is 2.24. The second kappa shape index (κ2) is 7.34. The molecule has 132 valence electrons. The van der Waals surface area contributed by atoms with Gasteiger partial charge in [-0.25, -0.2) is 0 Å². The molecule has 0 unspecified atom stereocenters. The van der Waals surface area contributed by atoms with E-state index in [2.05, 4.69) is 17.3 Å². The van der Waals surface area contributed by atoms with Crippen molar-refractivity contribution in [2.45, 2.75) is 38.6 Å². The Morgan fingerprint density at radius 1 is 1.25 bits per heavy atom. The lowest BCUT2D eigenvalue weighted by Gasteiger charge is -2.29. The normalized spacial score (nSPS) is 24.7. The Hall–Kier alpha value is -1.89. The van der Waals surface area contributed by atoms with Gasteiger partial charge in [0.2, 0.25) is 0 Å². The first kappa shape index (κ1) is 17.0. The largest absolute Gasteiger partial charge is 0.378 e. The van der Waals surface area contributed by atoms with E-state index in [1.165, 1.54) is 11.1 Å². The molecule has 1 saturated carbocycles. The number of nitrogens with zero attached hydrogens (tertiary/aromatic N) is 3. The summed E-state index contributed by atoms with van der Waals surface area (Å²) in [6.07, 6.45) is 4.56. The van der Waals surface area contributed by atoms with Crippen LogP contribution in [-0.2, 0) is 11.8 Å². The maximum Gasteiger partial charge on any atom is 0.274 e. The summed E-state index contributed by atoms with van der Waals surface area (Å²) < 4.78 is 6.76. The van der Waals surface area contributed by atoms with Crippen LogP contribution in [0.1, 0.15) is 53.6 Å². The van der Waals surface area contributed by atoms with Gasteiger partial charge in [0.1, 0.15) is 5.69 Å². The number of carbonyl (C=O) groups excluding carboxylic acids is 2. The number of ether oxygens (including phenoxy) is 1. The zero-order chi connectivity index (χ0) is 17.1. The van der Waals surface area contributed by atoms with Crippen LogP contribution in [0.3, 0.4) is 0 Å². The van der Waals surface area contributed by atoms with E-state index in [-0.39, 0.29) is 17.9 Å². The average Bonchev–Trinajstić information content (AvgIpc) is 2.99. The van der Waals surface area contributed by atoms with Crippen molar-refractivity contribution < 1.29 is 14.3 Å². The van der Waals surface area contributed by atoms with Crippen molar-refractivity contribution in [3.8, 4) is 0 Å². The molecule has 0 bridgehead atoms. The van der Waals surface area contributed by atoms with E-state index >= 15 is 0 Å². The summed E-state index contributed by atoms with van der Waals surface area (Å²) >= 11 is 0. The van der Waals surface area contributed by atoms with Crippen LogP contribution in [0.2, 0.25) is 0 Å². The SMILES string of the molecule is C[C@@H]1CCCC[C@H]1NC(=O)c1cc(C(=O)N2CCOCC2)nn1C. The highest BCUT2D eigenvalue weighted by Gasteiger charge is 2.27. The van der Waals surface area contributed by atoms with Crippen molar-refractivity contribution in [3.63, 3.8) is 0 Å². The predicted octanol–water partition coefficient (Wildman–Crippen LogP) is 1.20. The Morgan fingerprint density at radius 2 is 1.96 bits per heavy atom.